The molecule has 0 bridgehead atoms. The zero-order chi connectivity index (χ0) is 15.5. The van der Waals surface area contributed by atoms with Crippen LogP contribution in [-0.4, -0.2) is 32.5 Å². The first-order valence-electron chi connectivity index (χ1n) is 7.23. The van der Waals surface area contributed by atoms with Crippen LogP contribution in [0.2, 0.25) is 0 Å². The van der Waals surface area contributed by atoms with Gasteiger partial charge < -0.3 is 5.32 Å². The van der Waals surface area contributed by atoms with Crippen LogP contribution in [0.4, 0.5) is 8.78 Å². The highest BCUT2D eigenvalue weighted by Crippen LogP contribution is 2.25. The molecule has 2 rings (SSSR count). The number of hydrogen-bond donors (Lipinski definition) is 1. The maximum Gasteiger partial charge on any atom is 0.151 e. The van der Waals surface area contributed by atoms with Gasteiger partial charge in [0.2, 0.25) is 0 Å². The van der Waals surface area contributed by atoms with Crippen molar-refractivity contribution in [2.24, 2.45) is 0 Å². The summed E-state index contributed by atoms with van der Waals surface area (Å²) in [6, 6.07) is 3.52. The molecular weight excluding hydrogens is 296 g/mol. The fraction of sp³-hybridized carbons (Fsp3) is 0.600. The number of halogens is 2. The molecule has 0 aromatic heterocycles. The Bertz CT molecular complexity index is 569. The molecule has 2 atom stereocenters. The van der Waals surface area contributed by atoms with Gasteiger partial charge in [0.05, 0.1) is 5.25 Å². The Balaban J connectivity index is 1.79. The fourth-order valence-corrected chi connectivity index (χ4v) is 4.43. The molecule has 0 radical (unpaired) electrons. The van der Waals surface area contributed by atoms with E-state index in [0.717, 1.165) is 25.3 Å². The largest absolute Gasteiger partial charge is 0.313 e. The molecule has 1 aliphatic carbocycles. The molecule has 6 heteroatoms. The Morgan fingerprint density at radius 1 is 1.19 bits per heavy atom. The lowest BCUT2D eigenvalue weighted by molar-refractivity contribution is 0.500. The molecule has 0 heterocycles. The molecule has 0 aliphatic heterocycles. The van der Waals surface area contributed by atoms with E-state index in [4.69, 9.17) is 0 Å². The van der Waals surface area contributed by atoms with E-state index in [2.05, 4.69) is 5.32 Å². The van der Waals surface area contributed by atoms with E-state index in [1.54, 1.807) is 0 Å². The quantitative estimate of drug-likeness (QED) is 0.820. The molecule has 0 saturated heterocycles. The number of rotatable bonds is 6. The second kappa shape index (κ2) is 6.83. The topological polar surface area (TPSA) is 46.2 Å². The lowest BCUT2D eigenvalue weighted by Gasteiger charge is -2.19. The summed E-state index contributed by atoms with van der Waals surface area (Å²) >= 11 is 0. The van der Waals surface area contributed by atoms with Gasteiger partial charge in [-0.1, -0.05) is 6.42 Å². The number of benzene rings is 1. The minimum absolute atomic E-state index is 0.00393. The molecule has 3 nitrogen and oxygen atoms in total. The van der Waals surface area contributed by atoms with E-state index in [0.29, 0.717) is 24.9 Å². The normalized spacial score (nSPS) is 22.6. The van der Waals surface area contributed by atoms with Gasteiger partial charge in [-0.2, -0.15) is 0 Å². The zero-order valence-electron chi connectivity index (χ0n) is 12.1. The molecule has 1 aromatic carbocycles. The predicted octanol–water partition coefficient (Wildman–Crippen LogP) is 2.45. The van der Waals surface area contributed by atoms with Crippen molar-refractivity contribution in [2.75, 3.05) is 12.8 Å². The summed E-state index contributed by atoms with van der Waals surface area (Å²) in [6.07, 6.45) is 5.07. The summed E-state index contributed by atoms with van der Waals surface area (Å²) in [5, 5.41) is 2.97. The highest BCUT2D eigenvalue weighted by atomic mass is 32.2. The first-order valence-corrected chi connectivity index (χ1v) is 9.19. The van der Waals surface area contributed by atoms with E-state index in [-0.39, 0.29) is 11.3 Å². The Kier molecular flexibility index (Phi) is 5.32. The van der Waals surface area contributed by atoms with E-state index >= 15 is 0 Å². The van der Waals surface area contributed by atoms with Crippen LogP contribution in [-0.2, 0) is 16.3 Å². The standard InChI is InChI=1S/C15H21F2NO2S/c1-21(19,20)15-6-2-5-14(15)18-7-3-4-11-8-12(16)10-13(17)9-11/h8-10,14-15,18H,2-7H2,1H3/t14-,15-/m0/s1. The maximum atomic E-state index is 13.0. The second-order valence-corrected chi connectivity index (χ2v) is 8.01. The van der Waals surface area contributed by atoms with Crippen LogP contribution in [0, 0.1) is 11.6 Å². The van der Waals surface area contributed by atoms with Gasteiger partial charge in [0.1, 0.15) is 11.6 Å². The lowest BCUT2D eigenvalue weighted by atomic mass is 10.1. The van der Waals surface area contributed by atoms with Crippen molar-refractivity contribution < 1.29 is 17.2 Å². The molecule has 0 unspecified atom stereocenters. The molecule has 0 amide bonds. The molecule has 1 fully saturated rings. The summed E-state index contributed by atoms with van der Waals surface area (Å²) < 4.78 is 49.4. The van der Waals surface area contributed by atoms with Crippen molar-refractivity contribution in [3.63, 3.8) is 0 Å². The van der Waals surface area contributed by atoms with E-state index in [1.807, 2.05) is 0 Å². The monoisotopic (exact) mass is 317 g/mol. The minimum atomic E-state index is -3.01. The first-order chi connectivity index (χ1) is 9.86. The Morgan fingerprint density at radius 2 is 1.86 bits per heavy atom. The zero-order valence-corrected chi connectivity index (χ0v) is 12.9. The van der Waals surface area contributed by atoms with Crippen molar-refractivity contribution in [1.29, 1.82) is 0 Å². The van der Waals surface area contributed by atoms with E-state index in [1.165, 1.54) is 18.4 Å². The van der Waals surface area contributed by atoms with Gasteiger partial charge in [-0.3, -0.25) is 0 Å². The summed E-state index contributed by atoms with van der Waals surface area (Å²) in [7, 11) is -3.01. The highest BCUT2D eigenvalue weighted by Gasteiger charge is 2.34. The second-order valence-electron chi connectivity index (χ2n) is 5.74. The molecule has 1 saturated carbocycles. The van der Waals surface area contributed by atoms with Crippen LogP contribution in [0.3, 0.4) is 0 Å². The van der Waals surface area contributed by atoms with Crippen molar-refractivity contribution in [3.8, 4) is 0 Å². The van der Waals surface area contributed by atoms with Gasteiger partial charge >= 0.3 is 0 Å². The third kappa shape index (κ3) is 4.74. The van der Waals surface area contributed by atoms with Gasteiger partial charge in [0, 0.05) is 18.4 Å². The Hall–Kier alpha value is -1.01. The number of sulfone groups is 1. The van der Waals surface area contributed by atoms with Gasteiger partial charge in [-0.05, 0) is 49.9 Å². The van der Waals surface area contributed by atoms with Crippen LogP contribution in [0.25, 0.3) is 0 Å². The predicted molar refractivity (Wildman–Crippen MR) is 79.0 cm³/mol. The van der Waals surface area contributed by atoms with Crippen LogP contribution >= 0.6 is 0 Å². The van der Waals surface area contributed by atoms with Crippen LogP contribution in [0.15, 0.2) is 18.2 Å². The van der Waals surface area contributed by atoms with Crippen molar-refractivity contribution >= 4 is 9.84 Å². The van der Waals surface area contributed by atoms with E-state index in [9.17, 15) is 17.2 Å². The molecule has 1 aliphatic rings. The van der Waals surface area contributed by atoms with Gasteiger partial charge in [0.15, 0.2) is 9.84 Å². The smallest absolute Gasteiger partial charge is 0.151 e. The highest BCUT2D eigenvalue weighted by molar-refractivity contribution is 7.91. The summed E-state index contributed by atoms with van der Waals surface area (Å²) in [5.41, 5.74) is 0.625. The number of aryl methyl sites for hydroxylation is 1. The van der Waals surface area contributed by atoms with E-state index < -0.39 is 21.5 Å². The summed E-state index contributed by atoms with van der Waals surface area (Å²) in [4.78, 5) is 0. The van der Waals surface area contributed by atoms with Crippen LogP contribution in [0.5, 0.6) is 0 Å². The number of nitrogens with one attached hydrogen (secondary N) is 1. The van der Waals surface area contributed by atoms with Crippen LogP contribution < -0.4 is 5.32 Å². The average Bonchev–Trinajstić information content (AvgIpc) is 2.81. The maximum absolute atomic E-state index is 13.0. The average molecular weight is 317 g/mol. The molecule has 21 heavy (non-hydrogen) atoms. The third-order valence-corrected chi connectivity index (χ3v) is 5.64. The van der Waals surface area contributed by atoms with Crippen molar-refractivity contribution in [2.45, 2.75) is 43.4 Å². The lowest BCUT2D eigenvalue weighted by Crippen LogP contribution is -2.40. The Labute approximate surface area is 124 Å². The molecule has 118 valence electrons. The van der Waals surface area contributed by atoms with Gasteiger partial charge in [-0.15, -0.1) is 0 Å². The van der Waals surface area contributed by atoms with Gasteiger partial charge in [-0.25, -0.2) is 17.2 Å². The Morgan fingerprint density at radius 3 is 2.48 bits per heavy atom. The van der Waals surface area contributed by atoms with Crippen molar-refractivity contribution in [3.05, 3.63) is 35.4 Å². The fourth-order valence-electron chi connectivity index (χ4n) is 3.01. The summed E-state index contributed by atoms with van der Waals surface area (Å²) in [5.74, 6) is -1.13. The number of hydrogen-bond acceptors (Lipinski definition) is 3. The third-order valence-electron chi connectivity index (χ3n) is 3.97. The summed E-state index contributed by atoms with van der Waals surface area (Å²) in [6.45, 7) is 0.648. The van der Waals surface area contributed by atoms with Gasteiger partial charge in [0.25, 0.3) is 0 Å². The first kappa shape index (κ1) is 16.4. The SMILES string of the molecule is CS(=O)(=O)[C@H]1CCC[C@@H]1NCCCc1cc(F)cc(F)c1. The van der Waals surface area contributed by atoms with Crippen LogP contribution in [0.1, 0.15) is 31.2 Å². The minimum Gasteiger partial charge on any atom is -0.313 e. The molecule has 0 spiro atoms. The van der Waals surface area contributed by atoms with Crippen molar-refractivity contribution in [1.82, 2.24) is 5.32 Å². The molecule has 1 N–H and O–H groups in total. The molecular formula is C15H21F2NO2S. The molecule has 1 aromatic rings.